The van der Waals surface area contributed by atoms with Crippen LogP contribution in [0, 0.1) is 0 Å². The number of rotatable bonds is 8. The Morgan fingerprint density at radius 2 is 2.04 bits per heavy atom. The molecule has 148 valence electrons. The zero-order valence-electron chi connectivity index (χ0n) is 15.4. The first-order valence-electron chi connectivity index (χ1n) is 9.04. The molecule has 3 rings (SSSR count). The molecule has 7 nitrogen and oxygen atoms in total. The van der Waals surface area contributed by atoms with Crippen LogP contribution in [0.25, 0.3) is 0 Å². The van der Waals surface area contributed by atoms with E-state index in [0.29, 0.717) is 36.0 Å². The second kappa shape index (κ2) is 9.43. The molecule has 28 heavy (non-hydrogen) atoms. The maximum Gasteiger partial charge on any atom is 0.228 e. The molecule has 1 aliphatic heterocycles. The highest BCUT2D eigenvalue weighted by atomic mass is 35.5. The molecule has 0 bridgehead atoms. The van der Waals surface area contributed by atoms with E-state index in [-0.39, 0.29) is 17.8 Å². The first-order chi connectivity index (χ1) is 13.5. The smallest absolute Gasteiger partial charge is 0.228 e. The van der Waals surface area contributed by atoms with Gasteiger partial charge in [0, 0.05) is 23.6 Å². The fourth-order valence-corrected chi connectivity index (χ4v) is 3.35. The van der Waals surface area contributed by atoms with Gasteiger partial charge >= 0.3 is 0 Å². The quantitative estimate of drug-likeness (QED) is 0.205. The van der Waals surface area contributed by atoms with Crippen molar-refractivity contribution in [2.24, 2.45) is 16.6 Å². The maximum atomic E-state index is 13.1. The van der Waals surface area contributed by atoms with E-state index in [2.05, 4.69) is 16.5 Å². The average molecular weight is 403 g/mol. The zero-order chi connectivity index (χ0) is 19.9. The Balaban J connectivity index is 1.66. The highest BCUT2D eigenvalue weighted by molar-refractivity contribution is 6.31. The lowest BCUT2D eigenvalue weighted by Crippen LogP contribution is -2.35. The maximum absolute atomic E-state index is 13.1. The number of guanidine groups is 1. The van der Waals surface area contributed by atoms with Crippen molar-refractivity contribution in [3.63, 3.8) is 0 Å². The Bertz CT molecular complexity index is 868. The van der Waals surface area contributed by atoms with Gasteiger partial charge in [-0.1, -0.05) is 35.9 Å². The molecule has 2 aromatic carbocycles. The molecule has 1 unspecified atom stereocenters. The number of carbonyl (C=O) groups is 1. The molecular formula is C20H23ClN4O3. The molecule has 0 saturated carbocycles. The van der Waals surface area contributed by atoms with E-state index in [0.717, 1.165) is 18.5 Å². The highest BCUT2D eigenvalue weighted by Gasteiger charge is 2.27. The molecule has 5 N–H and O–H groups in total. The number of hydrogen-bond donors (Lipinski definition) is 3. The third-order valence-electron chi connectivity index (χ3n) is 4.35. The van der Waals surface area contributed by atoms with Crippen LogP contribution in [0.3, 0.4) is 0 Å². The Morgan fingerprint density at radius 3 is 2.86 bits per heavy atom. The summed E-state index contributed by atoms with van der Waals surface area (Å²) in [6.07, 6.45) is 1.48. The summed E-state index contributed by atoms with van der Waals surface area (Å²) in [4.78, 5) is 18.0. The Hall–Kier alpha value is -2.77. The van der Waals surface area contributed by atoms with Gasteiger partial charge in [-0.3, -0.25) is 4.79 Å². The van der Waals surface area contributed by atoms with E-state index in [4.69, 9.17) is 32.6 Å². The van der Waals surface area contributed by atoms with Crippen LogP contribution < -0.4 is 21.5 Å². The van der Waals surface area contributed by atoms with Crippen molar-refractivity contribution in [1.82, 2.24) is 5.32 Å². The molecule has 1 aliphatic rings. The lowest BCUT2D eigenvalue weighted by molar-refractivity contribution is 0.0939. The van der Waals surface area contributed by atoms with Crippen molar-refractivity contribution in [3.8, 4) is 5.75 Å². The number of nitrogens with one attached hydrogen (secondary N) is 1. The first kappa shape index (κ1) is 20.0. The van der Waals surface area contributed by atoms with Crippen molar-refractivity contribution in [2.75, 3.05) is 19.8 Å². The van der Waals surface area contributed by atoms with Gasteiger partial charge in [0.1, 0.15) is 12.4 Å². The van der Waals surface area contributed by atoms with Crippen molar-refractivity contribution in [3.05, 3.63) is 64.2 Å². The minimum atomic E-state index is -0.385. The molecule has 0 radical (unpaired) electrons. The Kier molecular flexibility index (Phi) is 6.73. The molecule has 1 atom stereocenters. The summed E-state index contributed by atoms with van der Waals surface area (Å²) < 4.78 is 5.69. The van der Waals surface area contributed by atoms with Crippen LogP contribution >= 0.6 is 11.6 Å². The predicted molar refractivity (Wildman–Crippen MR) is 109 cm³/mol. The largest absolute Gasteiger partial charge is 0.493 e. The van der Waals surface area contributed by atoms with Gasteiger partial charge in [-0.2, -0.15) is 0 Å². The second-order valence-electron chi connectivity index (χ2n) is 6.43. The van der Waals surface area contributed by atoms with Crippen molar-refractivity contribution >= 4 is 23.3 Å². The van der Waals surface area contributed by atoms with Gasteiger partial charge in [-0.05, 0) is 40.9 Å². The van der Waals surface area contributed by atoms with Crippen molar-refractivity contribution in [1.29, 1.82) is 0 Å². The third-order valence-corrected chi connectivity index (χ3v) is 4.56. The normalized spacial score (nSPS) is 15.4. The van der Waals surface area contributed by atoms with Gasteiger partial charge in [0.2, 0.25) is 5.96 Å². The minimum Gasteiger partial charge on any atom is -0.493 e. The summed E-state index contributed by atoms with van der Waals surface area (Å²) in [5.41, 5.74) is 13.1. The number of oxime groups is 1. The number of ether oxygens (including phenoxy) is 1. The minimum absolute atomic E-state index is 0.0319. The molecule has 0 aliphatic carbocycles. The number of fused-ring (bicyclic) bond motifs is 1. The number of halogens is 1. The molecule has 0 amide bonds. The van der Waals surface area contributed by atoms with Crippen LogP contribution in [0.15, 0.2) is 47.6 Å². The molecule has 1 heterocycles. The molecule has 0 spiro atoms. The van der Waals surface area contributed by atoms with Gasteiger partial charge < -0.3 is 26.4 Å². The number of benzene rings is 2. The number of Topliss-reactive ketones (excluding diaryl/α,β-unsaturated/α-hetero) is 1. The van der Waals surface area contributed by atoms with Crippen LogP contribution in [0.4, 0.5) is 0 Å². The number of nitrogens with two attached hydrogens (primary N) is 2. The Labute approximate surface area is 168 Å². The van der Waals surface area contributed by atoms with E-state index in [1.54, 1.807) is 18.2 Å². The molecule has 0 aromatic heterocycles. The lowest BCUT2D eigenvalue weighted by atomic mass is 9.89. The van der Waals surface area contributed by atoms with Crippen LogP contribution in [0.2, 0.25) is 5.02 Å². The lowest BCUT2D eigenvalue weighted by Gasteiger charge is -2.26. The van der Waals surface area contributed by atoms with E-state index < -0.39 is 0 Å². The van der Waals surface area contributed by atoms with Crippen LogP contribution in [-0.2, 0) is 11.3 Å². The van der Waals surface area contributed by atoms with Gasteiger partial charge in [0.15, 0.2) is 5.78 Å². The molecular weight excluding hydrogens is 380 g/mol. The van der Waals surface area contributed by atoms with Gasteiger partial charge in [0.05, 0.1) is 12.6 Å². The molecule has 0 fully saturated rings. The van der Waals surface area contributed by atoms with E-state index in [9.17, 15) is 4.79 Å². The third kappa shape index (κ3) is 5.15. The summed E-state index contributed by atoms with van der Waals surface area (Å²) in [7, 11) is 0. The van der Waals surface area contributed by atoms with Gasteiger partial charge in [-0.25, -0.2) is 0 Å². The van der Waals surface area contributed by atoms with Gasteiger partial charge in [0.25, 0.3) is 0 Å². The summed E-state index contributed by atoms with van der Waals surface area (Å²) in [6, 6.07) is 12.7. The second-order valence-corrected chi connectivity index (χ2v) is 6.86. The first-order valence-corrected chi connectivity index (χ1v) is 9.42. The van der Waals surface area contributed by atoms with Crippen LogP contribution in [0.5, 0.6) is 5.75 Å². The topological polar surface area (TPSA) is 112 Å². The standard InChI is InChI=1S/C20H23ClN4O3/c21-15-10-14(11-16(12-15)27-8-3-9-28-25-20(22)23)19(26)18-17-5-2-1-4-13(17)6-7-24-18/h1-2,4-5,10-12,18,24H,3,6-9H2,(H4,22,23,25). The van der Waals surface area contributed by atoms with Crippen LogP contribution in [-0.4, -0.2) is 31.5 Å². The fourth-order valence-electron chi connectivity index (χ4n) is 3.13. The Morgan fingerprint density at radius 1 is 1.21 bits per heavy atom. The molecule has 2 aromatic rings. The van der Waals surface area contributed by atoms with Crippen LogP contribution in [0.1, 0.15) is 33.9 Å². The van der Waals surface area contributed by atoms with E-state index in [1.807, 2.05) is 18.2 Å². The predicted octanol–water partition coefficient (Wildman–Crippen LogP) is 2.38. The molecule has 0 saturated heterocycles. The number of ketones is 1. The average Bonchev–Trinajstić information content (AvgIpc) is 2.69. The number of hydrogen-bond acceptors (Lipinski definition) is 5. The highest BCUT2D eigenvalue weighted by Crippen LogP contribution is 2.29. The SMILES string of the molecule is NC(N)=NOCCCOc1cc(Cl)cc(C(=O)C2NCCc3ccccc32)c1. The van der Waals surface area contributed by atoms with Crippen molar-refractivity contribution < 1.29 is 14.4 Å². The van der Waals surface area contributed by atoms with Gasteiger partial charge in [-0.15, -0.1) is 0 Å². The summed E-state index contributed by atoms with van der Waals surface area (Å²) in [6.45, 7) is 1.44. The fraction of sp³-hybridized carbons (Fsp3) is 0.300. The monoisotopic (exact) mass is 402 g/mol. The van der Waals surface area contributed by atoms with Crippen molar-refractivity contribution in [2.45, 2.75) is 18.9 Å². The molecule has 8 heteroatoms. The number of carbonyl (C=O) groups excluding carboxylic acids is 1. The van der Waals surface area contributed by atoms with E-state index in [1.165, 1.54) is 5.56 Å². The van der Waals surface area contributed by atoms with E-state index >= 15 is 0 Å². The number of nitrogens with zero attached hydrogens (tertiary/aromatic N) is 1. The zero-order valence-corrected chi connectivity index (χ0v) is 16.1. The summed E-state index contributed by atoms with van der Waals surface area (Å²) in [5, 5.41) is 7.19. The summed E-state index contributed by atoms with van der Waals surface area (Å²) in [5.74, 6) is 0.370. The summed E-state index contributed by atoms with van der Waals surface area (Å²) >= 11 is 6.21.